The van der Waals surface area contributed by atoms with E-state index in [0.29, 0.717) is 6.04 Å². The van der Waals surface area contributed by atoms with Gasteiger partial charge >= 0.3 is 5.97 Å². The highest BCUT2D eigenvalue weighted by molar-refractivity contribution is 7.13. The maximum atomic E-state index is 10.7. The first kappa shape index (κ1) is 11.4. The summed E-state index contributed by atoms with van der Waals surface area (Å²) in [6.07, 6.45) is 6.25. The zero-order chi connectivity index (χ0) is 11.5. The van der Waals surface area contributed by atoms with Gasteiger partial charge in [-0.05, 0) is 12.8 Å². The number of carbonyl (C=O) groups is 1. The summed E-state index contributed by atoms with van der Waals surface area (Å²) in [5.74, 6) is -0.945. The fraction of sp³-hybridized carbons (Fsp3) is 0.636. The van der Waals surface area contributed by atoms with E-state index in [1.54, 1.807) is 5.38 Å². The molecule has 0 atom stereocenters. The van der Waals surface area contributed by atoms with Crippen LogP contribution in [0.5, 0.6) is 0 Å². The maximum Gasteiger partial charge on any atom is 0.355 e. The van der Waals surface area contributed by atoms with Crippen LogP contribution in [0.2, 0.25) is 0 Å². The van der Waals surface area contributed by atoms with Gasteiger partial charge in [-0.1, -0.05) is 19.3 Å². The first-order valence-electron chi connectivity index (χ1n) is 5.60. The summed E-state index contributed by atoms with van der Waals surface area (Å²) in [6.45, 7) is 0. The van der Waals surface area contributed by atoms with E-state index in [-0.39, 0.29) is 5.69 Å². The molecule has 1 saturated carbocycles. The number of aromatic carboxylic acids is 1. The number of carboxylic acid groups (broad SMARTS) is 1. The highest BCUT2D eigenvalue weighted by Gasteiger charge is 2.21. The lowest BCUT2D eigenvalue weighted by molar-refractivity contribution is 0.0691. The molecule has 0 radical (unpaired) electrons. The van der Waals surface area contributed by atoms with Gasteiger partial charge in [-0.3, -0.25) is 0 Å². The summed E-state index contributed by atoms with van der Waals surface area (Å²) in [5.41, 5.74) is 0.155. The molecular weight excluding hydrogens is 224 g/mol. The molecule has 1 aliphatic rings. The lowest BCUT2D eigenvalue weighted by Gasteiger charge is -2.30. The molecule has 1 aliphatic carbocycles. The fourth-order valence-corrected chi connectivity index (χ4v) is 2.99. The summed E-state index contributed by atoms with van der Waals surface area (Å²) < 4.78 is 0. The van der Waals surface area contributed by atoms with Crippen molar-refractivity contribution in [3.63, 3.8) is 0 Å². The van der Waals surface area contributed by atoms with E-state index in [2.05, 4.69) is 9.88 Å². The number of hydrogen-bond donors (Lipinski definition) is 1. The van der Waals surface area contributed by atoms with Crippen molar-refractivity contribution in [1.82, 2.24) is 4.98 Å². The van der Waals surface area contributed by atoms with E-state index in [9.17, 15) is 4.79 Å². The van der Waals surface area contributed by atoms with Gasteiger partial charge in [0.15, 0.2) is 10.8 Å². The number of nitrogens with zero attached hydrogens (tertiary/aromatic N) is 2. The monoisotopic (exact) mass is 240 g/mol. The van der Waals surface area contributed by atoms with Crippen LogP contribution >= 0.6 is 11.3 Å². The number of rotatable bonds is 3. The molecule has 2 rings (SSSR count). The van der Waals surface area contributed by atoms with Crippen molar-refractivity contribution < 1.29 is 9.90 Å². The maximum absolute atomic E-state index is 10.7. The van der Waals surface area contributed by atoms with Crippen LogP contribution in [-0.4, -0.2) is 29.1 Å². The Hall–Kier alpha value is -1.10. The van der Waals surface area contributed by atoms with Gasteiger partial charge < -0.3 is 10.0 Å². The number of aromatic nitrogens is 1. The molecule has 0 aromatic carbocycles. The van der Waals surface area contributed by atoms with Crippen molar-refractivity contribution >= 4 is 22.4 Å². The Morgan fingerprint density at radius 3 is 2.75 bits per heavy atom. The van der Waals surface area contributed by atoms with E-state index in [0.717, 1.165) is 5.13 Å². The van der Waals surface area contributed by atoms with Gasteiger partial charge in [0.2, 0.25) is 0 Å². The van der Waals surface area contributed by atoms with Crippen LogP contribution in [0, 0.1) is 0 Å². The Balaban J connectivity index is 2.07. The van der Waals surface area contributed by atoms with Crippen LogP contribution in [0.4, 0.5) is 5.13 Å². The van der Waals surface area contributed by atoms with Crippen LogP contribution in [-0.2, 0) is 0 Å². The lowest BCUT2D eigenvalue weighted by Crippen LogP contribution is -2.33. The Morgan fingerprint density at radius 2 is 2.19 bits per heavy atom. The smallest absolute Gasteiger partial charge is 0.355 e. The summed E-state index contributed by atoms with van der Waals surface area (Å²) >= 11 is 1.41. The van der Waals surface area contributed by atoms with Crippen molar-refractivity contribution in [2.75, 3.05) is 11.9 Å². The predicted octanol–water partition coefficient (Wildman–Crippen LogP) is 2.61. The molecule has 1 aromatic heterocycles. The highest BCUT2D eigenvalue weighted by atomic mass is 32.1. The normalized spacial score (nSPS) is 17.3. The third kappa shape index (κ3) is 2.35. The Morgan fingerprint density at radius 1 is 1.50 bits per heavy atom. The number of hydrogen-bond acceptors (Lipinski definition) is 4. The van der Waals surface area contributed by atoms with Crippen LogP contribution in [0.15, 0.2) is 5.38 Å². The van der Waals surface area contributed by atoms with Gasteiger partial charge in [0.05, 0.1) is 0 Å². The Kier molecular flexibility index (Phi) is 3.43. The molecule has 1 N–H and O–H groups in total. The van der Waals surface area contributed by atoms with Crippen LogP contribution in [0.1, 0.15) is 42.6 Å². The molecular formula is C11H16N2O2S. The highest BCUT2D eigenvalue weighted by Crippen LogP contribution is 2.28. The van der Waals surface area contributed by atoms with Crippen molar-refractivity contribution in [3.05, 3.63) is 11.1 Å². The van der Waals surface area contributed by atoms with Crippen LogP contribution in [0.3, 0.4) is 0 Å². The van der Waals surface area contributed by atoms with E-state index >= 15 is 0 Å². The Labute approximate surface area is 98.9 Å². The minimum absolute atomic E-state index is 0.155. The van der Waals surface area contributed by atoms with Gasteiger partial charge in [-0.25, -0.2) is 9.78 Å². The molecule has 0 spiro atoms. The molecule has 1 heterocycles. The predicted molar refractivity (Wildman–Crippen MR) is 64.3 cm³/mol. The molecule has 4 nitrogen and oxygen atoms in total. The summed E-state index contributed by atoms with van der Waals surface area (Å²) in [5, 5.41) is 11.2. The van der Waals surface area contributed by atoms with Gasteiger partial charge in [-0.15, -0.1) is 11.3 Å². The van der Waals surface area contributed by atoms with E-state index in [1.807, 2.05) is 7.05 Å². The molecule has 0 saturated heterocycles. The number of carboxylic acids is 1. The van der Waals surface area contributed by atoms with Gasteiger partial charge in [0, 0.05) is 18.5 Å². The zero-order valence-corrected chi connectivity index (χ0v) is 10.2. The molecule has 5 heteroatoms. The molecule has 0 aliphatic heterocycles. The molecule has 88 valence electrons. The SMILES string of the molecule is CN(c1nc(C(=O)O)cs1)C1CCCCC1. The Bertz CT molecular complexity index is 372. The third-order valence-electron chi connectivity index (χ3n) is 3.14. The number of anilines is 1. The average molecular weight is 240 g/mol. The van der Waals surface area contributed by atoms with E-state index in [1.165, 1.54) is 43.4 Å². The lowest BCUT2D eigenvalue weighted by atomic mass is 9.95. The second kappa shape index (κ2) is 4.82. The quantitative estimate of drug-likeness (QED) is 0.882. The first-order valence-corrected chi connectivity index (χ1v) is 6.48. The zero-order valence-electron chi connectivity index (χ0n) is 9.35. The summed E-state index contributed by atoms with van der Waals surface area (Å²) in [6, 6.07) is 0.529. The third-order valence-corrected chi connectivity index (χ3v) is 4.07. The average Bonchev–Trinajstić information content (AvgIpc) is 2.78. The molecule has 1 aromatic rings. The first-order chi connectivity index (χ1) is 7.68. The minimum atomic E-state index is -0.945. The van der Waals surface area contributed by atoms with Crippen molar-refractivity contribution in [2.24, 2.45) is 0 Å². The van der Waals surface area contributed by atoms with Gasteiger partial charge in [0.1, 0.15) is 0 Å². The largest absolute Gasteiger partial charge is 0.476 e. The molecule has 0 unspecified atom stereocenters. The topological polar surface area (TPSA) is 53.4 Å². The summed E-state index contributed by atoms with van der Waals surface area (Å²) in [4.78, 5) is 17.0. The molecule has 0 amide bonds. The molecule has 1 fully saturated rings. The van der Waals surface area contributed by atoms with Gasteiger partial charge in [-0.2, -0.15) is 0 Å². The van der Waals surface area contributed by atoms with Crippen molar-refractivity contribution in [1.29, 1.82) is 0 Å². The van der Waals surface area contributed by atoms with Crippen molar-refractivity contribution in [3.8, 4) is 0 Å². The van der Waals surface area contributed by atoms with Gasteiger partial charge in [0.25, 0.3) is 0 Å². The standard InChI is InChI=1S/C11H16N2O2S/c1-13(8-5-3-2-4-6-8)11-12-9(7-16-11)10(14)15/h7-8H,2-6H2,1H3,(H,14,15). The molecule has 16 heavy (non-hydrogen) atoms. The van der Waals surface area contributed by atoms with Crippen LogP contribution in [0.25, 0.3) is 0 Å². The fourth-order valence-electron chi connectivity index (χ4n) is 2.15. The van der Waals surface area contributed by atoms with E-state index in [4.69, 9.17) is 5.11 Å². The van der Waals surface area contributed by atoms with Crippen molar-refractivity contribution in [2.45, 2.75) is 38.1 Å². The second-order valence-corrected chi connectivity index (χ2v) is 5.06. The summed E-state index contributed by atoms with van der Waals surface area (Å²) in [7, 11) is 2.01. The van der Waals surface area contributed by atoms with E-state index < -0.39 is 5.97 Å². The molecule has 0 bridgehead atoms. The van der Waals surface area contributed by atoms with Crippen LogP contribution < -0.4 is 4.90 Å². The minimum Gasteiger partial charge on any atom is -0.476 e. The second-order valence-electron chi connectivity index (χ2n) is 4.22. The number of thiazole rings is 1.